The summed E-state index contributed by atoms with van der Waals surface area (Å²) in [5.41, 5.74) is 1.00. The summed E-state index contributed by atoms with van der Waals surface area (Å²) in [5.74, 6) is 0.104. The van der Waals surface area contributed by atoms with Gasteiger partial charge in [-0.2, -0.15) is 0 Å². The molecule has 1 spiro atoms. The van der Waals surface area contributed by atoms with Gasteiger partial charge in [0.05, 0.1) is 5.56 Å². The molecule has 5 heteroatoms. The third-order valence-corrected chi connectivity index (χ3v) is 4.44. The van der Waals surface area contributed by atoms with Crippen LogP contribution < -0.4 is 5.32 Å². The van der Waals surface area contributed by atoms with Crippen LogP contribution in [0.3, 0.4) is 0 Å². The lowest BCUT2D eigenvalue weighted by molar-refractivity contribution is 0.0775. The Bertz CT molecular complexity index is 471. The molecule has 2 aliphatic heterocycles. The van der Waals surface area contributed by atoms with E-state index in [-0.39, 0.29) is 5.91 Å². The Balaban J connectivity index is 1.74. The van der Waals surface area contributed by atoms with Crippen molar-refractivity contribution in [2.75, 3.05) is 26.2 Å². The van der Waals surface area contributed by atoms with E-state index in [9.17, 15) is 4.79 Å². The summed E-state index contributed by atoms with van der Waals surface area (Å²) in [6, 6.07) is 1.84. The van der Waals surface area contributed by atoms with E-state index < -0.39 is 0 Å². The predicted molar refractivity (Wildman–Crippen MR) is 72.4 cm³/mol. The molecule has 0 aliphatic carbocycles. The molecule has 1 amide bonds. The molecule has 4 nitrogen and oxygen atoms in total. The monoisotopic (exact) mass is 309 g/mol. The Labute approximate surface area is 115 Å². The fraction of sp³-hybridized carbons (Fsp3) is 0.538. The largest absolute Gasteiger partial charge is 0.338 e. The molecular formula is C13H16BrN3O. The van der Waals surface area contributed by atoms with E-state index in [0.29, 0.717) is 11.0 Å². The van der Waals surface area contributed by atoms with Crippen molar-refractivity contribution in [3.05, 3.63) is 28.5 Å². The molecule has 0 saturated carbocycles. The number of pyridine rings is 1. The summed E-state index contributed by atoms with van der Waals surface area (Å²) in [5, 5.41) is 3.41. The van der Waals surface area contributed by atoms with Crippen LogP contribution in [0.4, 0.5) is 0 Å². The highest BCUT2D eigenvalue weighted by molar-refractivity contribution is 9.10. The molecule has 0 radical (unpaired) electrons. The SMILES string of the molecule is O=C(c1cncc(Br)c1)N1CCC2(CCNC2)C1. The van der Waals surface area contributed by atoms with Crippen molar-refractivity contribution < 1.29 is 4.79 Å². The van der Waals surface area contributed by atoms with Crippen molar-refractivity contribution in [2.24, 2.45) is 5.41 Å². The summed E-state index contributed by atoms with van der Waals surface area (Å²) < 4.78 is 0.852. The lowest BCUT2D eigenvalue weighted by Crippen LogP contribution is -2.33. The van der Waals surface area contributed by atoms with Crippen LogP contribution in [-0.4, -0.2) is 42.0 Å². The lowest BCUT2D eigenvalue weighted by Gasteiger charge is -2.22. The third kappa shape index (κ3) is 2.17. The summed E-state index contributed by atoms with van der Waals surface area (Å²) in [6.45, 7) is 3.88. The first-order valence-corrected chi connectivity index (χ1v) is 7.08. The van der Waals surface area contributed by atoms with E-state index in [1.807, 2.05) is 11.0 Å². The maximum absolute atomic E-state index is 12.4. The van der Waals surface area contributed by atoms with Crippen LogP contribution >= 0.6 is 15.9 Å². The maximum atomic E-state index is 12.4. The van der Waals surface area contributed by atoms with Crippen molar-refractivity contribution in [1.29, 1.82) is 0 Å². The van der Waals surface area contributed by atoms with Crippen molar-refractivity contribution in [3.8, 4) is 0 Å². The Morgan fingerprint density at radius 3 is 3.06 bits per heavy atom. The fourth-order valence-corrected chi connectivity index (χ4v) is 3.33. The number of nitrogens with one attached hydrogen (secondary N) is 1. The van der Waals surface area contributed by atoms with Crippen molar-refractivity contribution >= 4 is 21.8 Å². The predicted octanol–water partition coefficient (Wildman–Crippen LogP) is 1.67. The molecule has 1 atom stereocenters. The number of halogens is 1. The van der Waals surface area contributed by atoms with E-state index in [2.05, 4.69) is 26.2 Å². The highest BCUT2D eigenvalue weighted by Gasteiger charge is 2.41. The zero-order chi connectivity index (χ0) is 12.6. The van der Waals surface area contributed by atoms with Gasteiger partial charge in [0.25, 0.3) is 5.91 Å². The normalized spacial score (nSPS) is 27.1. The van der Waals surface area contributed by atoms with Gasteiger partial charge in [-0.3, -0.25) is 9.78 Å². The van der Waals surface area contributed by atoms with Crippen molar-refractivity contribution in [2.45, 2.75) is 12.8 Å². The van der Waals surface area contributed by atoms with E-state index in [1.165, 1.54) is 6.42 Å². The molecule has 1 unspecified atom stereocenters. The van der Waals surface area contributed by atoms with Gasteiger partial charge in [0.2, 0.25) is 0 Å². The van der Waals surface area contributed by atoms with E-state index >= 15 is 0 Å². The zero-order valence-corrected chi connectivity index (χ0v) is 11.7. The highest BCUT2D eigenvalue weighted by atomic mass is 79.9. The summed E-state index contributed by atoms with van der Waals surface area (Å²) in [6.07, 6.45) is 5.65. The second kappa shape index (κ2) is 4.63. The van der Waals surface area contributed by atoms with Gasteiger partial charge >= 0.3 is 0 Å². The Morgan fingerprint density at radius 1 is 1.44 bits per heavy atom. The molecule has 0 bridgehead atoms. The molecule has 2 fully saturated rings. The van der Waals surface area contributed by atoms with Crippen molar-refractivity contribution in [1.82, 2.24) is 15.2 Å². The molecule has 3 rings (SSSR count). The molecule has 1 aromatic heterocycles. The van der Waals surface area contributed by atoms with Gasteiger partial charge < -0.3 is 10.2 Å². The van der Waals surface area contributed by atoms with Crippen LogP contribution in [0, 0.1) is 5.41 Å². The minimum Gasteiger partial charge on any atom is -0.338 e. The molecular weight excluding hydrogens is 294 g/mol. The topological polar surface area (TPSA) is 45.2 Å². The number of nitrogens with zero attached hydrogens (tertiary/aromatic N) is 2. The Hall–Kier alpha value is -0.940. The molecule has 96 valence electrons. The number of rotatable bonds is 1. The smallest absolute Gasteiger partial charge is 0.255 e. The van der Waals surface area contributed by atoms with Crippen LogP contribution in [0.1, 0.15) is 23.2 Å². The maximum Gasteiger partial charge on any atom is 0.255 e. The Kier molecular flexibility index (Phi) is 3.11. The zero-order valence-electron chi connectivity index (χ0n) is 10.2. The van der Waals surface area contributed by atoms with Gasteiger partial charge in [-0.05, 0) is 41.4 Å². The number of likely N-dealkylation sites (tertiary alicyclic amines) is 1. The van der Waals surface area contributed by atoms with Gasteiger partial charge in [-0.1, -0.05) is 0 Å². The molecule has 0 aromatic carbocycles. The minimum atomic E-state index is 0.104. The van der Waals surface area contributed by atoms with Gasteiger partial charge in [-0.15, -0.1) is 0 Å². The number of carbonyl (C=O) groups is 1. The van der Waals surface area contributed by atoms with E-state index in [1.54, 1.807) is 12.4 Å². The van der Waals surface area contributed by atoms with Crippen LogP contribution in [0.25, 0.3) is 0 Å². The minimum absolute atomic E-state index is 0.104. The average molecular weight is 310 g/mol. The molecule has 2 aliphatic rings. The number of hydrogen-bond donors (Lipinski definition) is 1. The van der Waals surface area contributed by atoms with E-state index in [0.717, 1.165) is 37.1 Å². The number of aromatic nitrogens is 1. The Morgan fingerprint density at radius 2 is 2.33 bits per heavy atom. The number of carbonyl (C=O) groups excluding carboxylic acids is 1. The molecule has 2 saturated heterocycles. The van der Waals surface area contributed by atoms with Gasteiger partial charge in [0.1, 0.15) is 0 Å². The first-order valence-electron chi connectivity index (χ1n) is 6.29. The van der Waals surface area contributed by atoms with E-state index in [4.69, 9.17) is 0 Å². The first-order chi connectivity index (χ1) is 8.69. The second-order valence-corrected chi connectivity index (χ2v) is 6.21. The summed E-state index contributed by atoms with van der Waals surface area (Å²) in [4.78, 5) is 18.4. The third-order valence-electron chi connectivity index (χ3n) is 4.01. The summed E-state index contributed by atoms with van der Waals surface area (Å²) >= 11 is 3.36. The lowest BCUT2D eigenvalue weighted by atomic mass is 9.86. The molecule has 3 heterocycles. The summed E-state index contributed by atoms with van der Waals surface area (Å²) in [7, 11) is 0. The quantitative estimate of drug-likeness (QED) is 0.858. The second-order valence-electron chi connectivity index (χ2n) is 5.30. The fourth-order valence-electron chi connectivity index (χ4n) is 2.96. The van der Waals surface area contributed by atoms with Crippen LogP contribution in [0.5, 0.6) is 0 Å². The van der Waals surface area contributed by atoms with Gasteiger partial charge in [0.15, 0.2) is 0 Å². The number of amides is 1. The van der Waals surface area contributed by atoms with Gasteiger partial charge in [-0.25, -0.2) is 0 Å². The molecule has 1 N–H and O–H groups in total. The number of hydrogen-bond acceptors (Lipinski definition) is 3. The van der Waals surface area contributed by atoms with Crippen LogP contribution in [0.2, 0.25) is 0 Å². The van der Waals surface area contributed by atoms with Crippen LogP contribution in [0.15, 0.2) is 22.9 Å². The molecule has 18 heavy (non-hydrogen) atoms. The van der Waals surface area contributed by atoms with Crippen LogP contribution in [-0.2, 0) is 0 Å². The van der Waals surface area contributed by atoms with Crippen molar-refractivity contribution in [3.63, 3.8) is 0 Å². The molecule has 1 aromatic rings. The first kappa shape index (κ1) is 12.1. The standard InChI is InChI=1S/C13H16BrN3O/c14-11-5-10(6-16-7-11)12(18)17-4-2-13(9-17)1-3-15-8-13/h5-7,15H,1-4,8-9H2. The average Bonchev–Trinajstić information content (AvgIpc) is 3.00. The van der Waals surface area contributed by atoms with Gasteiger partial charge in [0, 0.05) is 41.9 Å². The highest BCUT2D eigenvalue weighted by Crippen LogP contribution is 2.36.